The number of aromatic nitrogens is 1. The molecule has 0 amide bonds. The van der Waals surface area contributed by atoms with Gasteiger partial charge in [0.25, 0.3) is 0 Å². The van der Waals surface area contributed by atoms with Gasteiger partial charge in [0.15, 0.2) is 0 Å². The second kappa shape index (κ2) is 4.83. The van der Waals surface area contributed by atoms with Crippen molar-refractivity contribution in [3.05, 3.63) is 48.3 Å². The first-order valence-corrected chi connectivity index (χ1v) is 8.41. The van der Waals surface area contributed by atoms with Gasteiger partial charge < -0.3 is 9.84 Å². The van der Waals surface area contributed by atoms with Crippen LogP contribution in [-0.2, 0) is 20.4 Å². The topological polar surface area (TPSA) is 68.5 Å². The Bertz CT molecular complexity index is 695. The third kappa shape index (κ3) is 2.18. The maximum Gasteiger partial charge on any atom is 0.248 e. The molecule has 1 aromatic heterocycles. The summed E-state index contributed by atoms with van der Waals surface area (Å²) < 4.78 is 31.5. The molecule has 3 rings (SSSR count). The average Bonchev–Trinajstić information content (AvgIpc) is 3.09. The molecule has 1 N–H and O–H groups in total. The third-order valence-corrected chi connectivity index (χ3v) is 6.58. The molecule has 0 saturated carbocycles. The second-order valence-corrected chi connectivity index (χ2v) is 8.11. The molecule has 1 aliphatic carbocycles. The van der Waals surface area contributed by atoms with E-state index in [0.29, 0.717) is 25.1 Å². The van der Waals surface area contributed by atoms with Crippen LogP contribution in [-0.4, -0.2) is 35.5 Å². The van der Waals surface area contributed by atoms with Crippen molar-refractivity contribution in [2.75, 3.05) is 13.2 Å². The van der Waals surface area contributed by atoms with Gasteiger partial charge in [-0.25, -0.2) is 12.4 Å². The van der Waals surface area contributed by atoms with Crippen LogP contribution in [0, 0.1) is 0 Å². The van der Waals surface area contributed by atoms with Crippen molar-refractivity contribution in [3.63, 3.8) is 0 Å². The normalized spacial score (nSPS) is 32.7. The molecule has 2 unspecified atom stereocenters. The molecule has 0 bridgehead atoms. The zero-order chi connectivity index (χ0) is 15.1. The van der Waals surface area contributed by atoms with E-state index in [9.17, 15) is 13.5 Å². The summed E-state index contributed by atoms with van der Waals surface area (Å²) in [5.41, 5.74) is -0.856. The molecule has 2 heterocycles. The van der Waals surface area contributed by atoms with Gasteiger partial charge in [0.2, 0.25) is 10.0 Å². The van der Waals surface area contributed by atoms with Gasteiger partial charge in [-0.3, -0.25) is 0 Å². The molecular formula is C15H19NO4S. The molecule has 2 atom stereocenters. The fourth-order valence-corrected chi connectivity index (χ4v) is 4.54. The molecule has 1 fully saturated rings. The van der Waals surface area contributed by atoms with Crippen LogP contribution in [0.1, 0.15) is 25.5 Å². The van der Waals surface area contributed by atoms with E-state index in [-0.39, 0.29) is 6.61 Å². The molecule has 114 valence electrons. The predicted octanol–water partition coefficient (Wildman–Crippen LogP) is 1.55. The van der Waals surface area contributed by atoms with E-state index in [1.54, 1.807) is 31.2 Å². The van der Waals surface area contributed by atoms with Gasteiger partial charge in [0.1, 0.15) is 10.3 Å². The Morgan fingerprint density at radius 3 is 2.81 bits per heavy atom. The maximum atomic E-state index is 13.0. The highest BCUT2D eigenvalue weighted by atomic mass is 32.2. The minimum Gasteiger partial charge on any atom is -0.381 e. The molecule has 0 aromatic carbocycles. The van der Waals surface area contributed by atoms with E-state index >= 15 is 0 Å². The number of hydrogen-bond donors (Lipinski definition) is 1. The van der Waals surface area contributed by atoms with Crippen LogP contribution in [0.4, 0.5) is 0 Å². The lowest BCUT2D eigenvalue weighted by Gasteiger charge is -2.30. The fourth-order valence-electron chi connectivity index (χ4n) is 2.82. The highest BCUT2D eigenvalue weighted by Crippen LogP contribution is 2.35. The molecule has 0 radical (unpaired) electrons. The Morgan fingerprint density at radius 2 is 2.19 bits per heavy atom. The van der Waals surface area contributed by atoms with Gasteiger partial charge in [-0.2, -0.15) is 0 Å². The Hall–Kier alpha value is -1.37. The number of rotatable bonds is 3. The van der Waals surface area contributed by atoms with Gasteiger partial charge in [0, 0.05) is 19.2 Å². The molecule has 2 aliphatic rings. The minimum absolute atomic E-state index is 0.124. The first kappa shape index (κ1) is 14.6. The van der Waals surface area contributed by atoms with Crippen LogP contribution in [0.5, 0.6) is 0 Å². The first-order chi connectivity index (χ1) is 9.89. The van der Waals surface area contributed by atoms with Gasteiger partial charge in [-0.05, 0) is 25.5 Å². The van der Waals surface area contributed by atoms with Crippen molar-refractivity contribution in [1.82, 2.24) is 3.97 Å². The second-order valence-electron chi connectivity index (χ2n) is 5.83. The molecule has 5 nitrogen and oxygen atoms in total. The van der Waals surface area contributed by atoms with E-state index in [4.69, 9.17) is 4.74 Å². The Morgan fingerprint density at radius 1 is 1.38 bits per heavy atom. The Balaban J connectivity index is 2.07. The van der Waals surface area contributed by atoms with Crippen molar-refractivity contribution in [3.8, 4) is 0 Å². The van der Waals surface area contributed by atoms with Crippen LogP contribution in [0.2, 0.25) is 0 Å². The van der Waals surface area contributed by atoms with Crippen molar-refractivity contribution < 1.29 is 18.3 Å². The molecular weight excluding hydrogens is 290 g/mol. The summed E-state index contributed by atoms with van der Waals surface area (Å²) in [6, 6.07) is 3.30. The standard InChI is InChI=1S/C15H19NO4S/c1-14(7-3-2-4-8-14)21(18,19)16-10-5-6-13(16)15(17)9-11-20-12-15/h2-7,10,17H,8-9,11-12H2,1H3. The summed E-state index contributed by atoms with van der Waals surface area (Å²) in [7, 11) is -3.66. The highest BCUT2D eigenvalue weighted by molar-refractivity contribution is 7.91. The molecule has 6 heteroatoms. The van der Waals surface area contributed by atoms with E-state index in [1.807, 2.05) is 12.2 Å². The summed E-state index contributed by atoms with van der Waals surface area (Å²) in [5, 5.41) is 10.6. The molecule has 0 spiro atoms. The zero-order valence-corrected chi connectivity index (χ0v) is 12.7. The molecule has 1 aliphatic heterocycles. The van der Waals surface area contributed by atoms with Crippen LogP contribution < -0.4 is 0 Å². The van der Waals surface area contributed by atoms with Crippen molar-refractivity contribution in [1.29, 1.82) is 0 Å². The summed E-state index contributed by atoms with van der Waals surface area (Å²) >= 11 is 0. The summed E-state index contributed by atoms with van der Waals surface area (Å²) in [5.74, 6) is 0. The Labute approximate surface area is 124 Å². The van der Waals surface area contributed by atoms with Crippen LogP contribution in [0.25, 0.3) is 0 Å². The molecule has 1 aromatic rings. The van der Waals surface area contributed by atoms with E-state index in [1.165, 1.54) is 10.2 Å². The third-order valence-electron chi connectivity index (χ3n) is 4.26. The SMILES string of the molecule is CC1(S(=O)(=O)n2cccc2C2(O)CCOC2)C=CC=CC1. The molecule has 1 saturated heterocycles. The summed E-state index contributed by atoms with van der Waals surface area (Å²) in [6.07, 6.45) is 9.44. The van der Waals surface area contributed by atoms with E-state index in [0.717, 1.165) is 0 Å². The smallest absolute Gasteiger partial charge is 0.248 e. The summed E-state index contributed by atoms with van der Waals surface area (Å²) in [4.78, 5) is 0. The van der Waals surface area contributed by atoms with Gasteiger partial charge in [-0.1, -0.05) is 24.3 Å². The van der Waals surface area contributed by atoms with E-state index < -0.39 is 20.4 Å². The van der Waals surface area contributed by atoms with Crippen molar-refractivity contribution in [2.45, 2.75) is 30.1 Å². The quantitative estimate of drug-likeness (QED) is 0.920. The lowest BCUT2D eigenvalue weighted by molar-refractivity contribution is 0.0188. The number of allylic oxidation sites excluding steroid dienone is 3. The van der Waals surface area contributed by atoms with Crippen molar-refractivity contribution in [2.24, 2.45) is 0 Å². The summed E-state index contributed by atoms with van der Waals surface area (Å²) in [6.45, 7) is 2.25. The lowest BCUT2D eigenvalue weighted by Crippen LogP contribution is -2.41. The number of ether oxygens (including phenoxy) is 1. The maximum absolute atomic E-state index is 13.0. The van der Waals surface area contributed by atoms with Gasteiger partial charge in [0.05, 0.1) is 12.3 Å². The minimum atomic E-state index is -3.66. The van der Waals surface area contributed by atoms with Crippen molar-refractivity contribution >= 4 is 10.0 Å². The fraction of sp³-hybridized carbons (Fsp3) is 0.467. The first-order valence-electron chi connectivity index (χ1n) is 6.97. The van der Waals surface area contributed by atoms with Gasteiger partial charge in [-0.15, -0.1) is 0 Å². The largest absolute Gasteiger partial charge is 0.381 e. The van der Waals surface area contributed by atoms with E-state index in [2.05, 4.69) is 0 Å². The number of hydrogen-bond acceptors (Lipinski definition) is 4. The Kier molecular flexibility index (Phi) is 3.35. The predicted molar refractivity (Wildman–Crippen MR) is 79.4 cm³/mol. The van der Waals surface area contributed by atoms with Crippen LogP contribution >= 0.6 is 0 Å². The number of aliphatic hydroxyl groups is 1. The highest BCUT2D eigenvalue weighted by Gasteiger charge is 2.43. The monoisotopic (exact) mass is 309 g/mol. The molecule has 21 heavy (non-hydrogen) atoms. The number of nitrogens with zero attached hydrogens (tertiary/aromatic N) is 1. The van der Waals surface area contributed by atoms with Crippen LogP contribution in [0.15, 0.2) is 42.6 Å². The zero-order valence-electron chi connectivity index (χ0n) is 11.9. The lowest BCUT2D eigenvalue weighted by atomic mass is 10.00. The van der Waals surface area contributed by atoms with Gasteiger partial charge >= 0.3 is 0 Å². The van der Waals surface area contributed by atoms with Crippen LogP contribution in [0.3, 0.4) is 0 Å². The average molecular weight is 309 g/mol.